The fraction of sp³-hybridized carbons (Fsp3) is 0.0769. The van der Waals surface area contributed by atoms with Gasteiger partial charge in [0, 0.05) is 18.7 Å². The lowest BCUT2D eigenvalue weighted by Gasteiger charge is -2.09. The molecule has 100 valence electrons. The molecule has 2 rings (SSSR count). The molecule has 0 heterocycles. The molecule has 0 saturated heterocycles. The van der Waals surface area contributed by atoms with Gasteiger partial charge < -0.3 is 5.32 Å². The van der Waals surface area contributed by atoms with Crippen LogP contribution in [0.4, 0.5) is 23.2 Å². The highest BCUT2D eigenvalue weighted by Gasteiger charge is 2.11. The normalized spacial score (nSPS) is 10.6. The standard InChI is InChI=1S/C13H8ClF4N/c14-9-2-1-7(3-10(9)16)6-19-13-11(17)4-8(15)5-12(13)18/h1-5,19H,6H2. The minimum absolute atomic E-state index is 0.0203. The van der Waals surface area contributed by atoms with Crippen molar-refractivity contribution in [3.8, 4) is 0 Å². The number of hydrogen-bond donors (Lipinski definition) is 1. The molecular formula is C13H8ClF4N. The number of benzene rings is 2. The van der Waals surface area contributed by atoms with Gasteiger partial charge in [0.25, 0.3) is 0 Å². The number of hydrogen-bond acceptors (Lipinski definition) is 1. The van der Waals surface area contributed by atoms with Crippen molar-refractivity contribution < 1.29 is 17.6 Å². The third kappa shape index (κ3) is 3.17. The Labute approximate surface area is 111 Å². The van der Waals surface area contributed by atoms with E-state index in [9.17, 15) is 17.6 Å². The van der Waals surface area contributed by atoms with Crippen LogP contribution in [0.2, 0.25) is 5.02 Å². The van der Waals surface area contributed by atoms with Crippen LogP contribution in [0.15, 0.2) is 30.3 Å². The molecule has 0 unspecified atom stereocenters. The lowest BCUT2D eigenvalue weighted by Crippen LogP contribution is -2.04. The molecule has 2 aromatic carbocycles. The Morgan fingerprint density at radius 3 is 2.11 bits per heavy atom. The maximum atomic E-state index is 13.3. The highest BCUT2D eigenvalue weighted by molar-refractivity contribution is 6.30. The molecule has 0 radical (unpaired) electrons. The molecule has 0 aliphatic rings. The molecule has 1 nitrogen and oxygen atoms in total. The van der Waals surface area contributed by atoms with Crippen LogP contribution in [0, 0.1) is 23.3 Å². The van der Waals surface area contributed by atoms with E-state index in [0.29, 0.717) is 17.7 Å². The van der Waals surface area contributed by atoms with Gasteiger partial charge in [0.15, 0.2) is 11.6 Å². The van der Waals surface area contributed by atoms with E-state index in [-0.39, 0.29) is 11.6 Å². The molecular weight excluding hydrogens is 282 g/mol. The maximum Gasteiger partial charge on any atom is 0.152 e. The van der Waals surface area contributed by atoms with Crippen LogP contribution in [-0.4, -0.2) is 0 Å². The Morgan fingerprint density at radius 2 is 1.53 bits per heavy atom. The zero-order chi connectivity index (χ0) is 14.0. The molecule has 0 saturated carbocycles. The van der Waals surface area contributed by atoms with Crippen molar-refractivity contribution in [3.05, 3.63) is 64.2 Å². The minimum atomic E-state index is -1.05. The minimum Gasteiger partial charge on any atom is -0.376 e. The van der Waals surface area contributed by atoms with Crippen molar-refractivity contribution in [1.29, 1.82) is 0 Å². The summed E-state index contributed by atoms with van der Waals surface area (Å²) >= 11 is 5.51. The first-order chi connectivity index (χ1) is 8.97. The quantitative estimate of drug-likeness (QED) is 0.820. The predicted molar refractivity (Wildman–Crippen MR) is 65.1 cm³/mol. The molecule has 6 heteroatoms. The highest BCUT2D eigenvalue weighted by atomic mass is 35.5. The van der Waals surface area contributed by atoms with Gasteiger partial charge in [-0.15, -0.1) is 0 Å². The van der Waals surface area contributed by atoms with Crippen molar-refractivity contribution in [2.75, 3.05) is 5.32 Å². The zero-order valence-electron chi connectivity index (χ0n) is 9.48. The van der Waals surface area contributed by atoms with Crippen molar-refractivity contribution in [2.24, 2.45) is 0 Å². The number of nitrogens with one attached hydrogen (secondary N) is 1. The predicted octanol–water partition coefficient (Wildman–Crippen LogP) is 4.51. The van der Waals surface area contributed by atoms with E-state index in [1.165, 1.54) is 12.1 Å². The molecule has 0 aliphatic heterocycles. The average Bonchev–Trinajstić information content (AvgIpc) is 2.32. The van der Waals surface area contributed by atoms with Gasteiger partial charge in [-0.05, 0) is 17.7 Å². The summed E-state index contributed by atoms with van der Waals surface area (Å²) in [7, 11) is 0. The summed E-state index contributed by atoms with van der Waals surface area (Å²) in [4.78, 5) is 0. The Morgan fingerprint density at radius 1 is 0.895 bits per heavy atom. The largest absolute Gasteiger partial charge is 0.376 e. The van der Waals surface area contributed by atoms with Gasteiger partial charge in [-0.3, -0.25) is 0 Å². The van der Waals surface area contributed by atoms with E-state index in [1.807, 2.05) is 0 Å². The SMILES string of the molecule is Fc1cc(F)c(NCc2ccc(Cl)c(F)c2)c(F)c1. The fourth-order valence-corrected chi connectivity index (χ4v) is 1.67. The van der Waals surface area contributed by atoms with E-state index < -0.39 is 29.0 Å². The van der Waals surface area contributed by atoms with E-state index in [0.717, 1.165) is 6.07 Å². The third-order valence-corrected chi connectivity index (χ3v) is 2.77. The summed E-state index contributed by atoms with van der Waals surface area (Å²) in [6.07, 6.45) is 0. The van der Waals surface area contributed by atoms with Gasteiger partial charge in [0.05, 0.1) is 5.02 Å². The summed E-state index contributed by atoms with van der Waals surface area (Å²) in [5, 5.41) is 2.41. The Hall–Kier alpha value is -1.75. The summed E-state index contributed by atoms with van der Waals surface area (Å²) in [5.74, 6) is -3.72. The molecule has 0 bridgehead atoms. The van der Waals surface area contributed by atoms with E-state index in [1.54, 1.807) is 0 Å². The molecule has 0 spiro atoms. The molecule has 0 amide bonds. The van der Waals surface area contributed by atoms with Crippen LogP contribution in [-0.2, 0) is 6.54 Å². The first-order valence-corrected chi connectivity index (χ1v) is 5.67. The van der Waals surface area contributed by atoms with Crippen molar-refractivity contribution >= 4 is 17.3 Å². The van der Waals surface area contributed by atoms with E-state index in [4.69, 9.17) is 11.6 Å². The van der Waals surface area contributed by atoms with Gasteiger partial charge in [-0.1, -0.05) is 17.7 Å². The van der Waals surface area contributed by atoms with Gasteiger partial charge in [0.1, 0.15) is 17.3 Å². The van der Waals surface area contributed by atoms with Crippen LogP contribution >= 0.6 is 11.6 Å². The fourth-order valence-electron chi connectivity index (χ4n) is 1.55. The maximum absolute atomic E-state index is 13.3. The second-order valence-electron chi connectivity index (χ2n) is 3.85. The van der Waals surface area contributed by atoms with Crippen molar-refractivity contribution in [2.45, 2.75) is 6.54 Å². The second kappa shape index (κ2) is 5.48. The van der Waals surface area contributed by atoms with E-state index in [2.05, 4.69) is 5.32 Å². The molecule has 0 atom stereocenters. The topological polar surface area (TPSA) is 12.0 Å². The Bertz CT molecular complexity index is 593. The Balaban J connectivity index is 2.16. The van der Waals surface area contributed by atoms with Gasteiger partial charge in [-0.2, -0.15) is 0 Å². The first kappa shape index (κ1) is 13.7. The molecule has 1 N–H and O–H groups in total. The number of rotatable bonds is 3. The smallest absolute Gasteiger partial charge is 0.152 e. The van der Waals surface area contributed by atoms with Crippen LogP contribution in [0.25, 0.3) is 0 Å². The molecule has 0 fully saturated rings. The van der Waals surface area contributed by atoms with Crippen LogP contribution in [0.1, 0.15) is 5.56 Å². The summed E-state index contributed by atoms with van der Waals surface area (Å²) in [6.45, 7) is -0.0203. The lowest BCUT2D eigenvalue weighted by molar-refractivity contribution is 0.547. The van der Waals surface area contributed by atoms with Gasteiger partial charge in [-0.25, -0.2) is 17.6 Å². The van der Waals surface area contributed by atoms with E-state index >= 15 is 0 Å². The molecule has 19 heavy (non-hydrogen) atoms. The van der Waals surface area contributed by atoms with Gasteiger partial charge >= 0.3 is 0 Å². The molecule has 0 aliphatic carbocycles. The first-order valence-electron chi connectivity index (χ1n) is 5.29. The van der Waals surface area contributed by atoms with Crippen molar-refractivity contribution in [3.63, 3.8) is 0 Å². The highest BCUT2D eigenvalue weighted by Crippen LogP contribution is 2.22. The zero-order valence-corrected chi connectivity index (χ0v) is 10.2. The van der Waals surface area contributed by atoms with Gasteiger partial charge in [0.2, 0.25) is 0 Å². The lowest BCUT2D eigenvalue weighted by atomic mass is 10.2. The average molecular weight is 290 g/mol. The van der Waals surface area contributed by atoms with Crippen LogP contribution < -0.4 is 5.32 Å². The summed E-state index contributed by atoms with van der Waals surface area (Å²) < 4.78 is 52.5. The van der Waals surface area contributed by atoms with Crippen LogP contribution in [0.5, 0.6) is 0 Å². The monoisotopic (exact) mass is 289 g/mol. The number of anilines is 1. The second-order valence-corrected chi connectivity index (χ2v) is 4.25. The Kier molecular flexibility index (Phi) is 3.95. The van der Waals surface area contributed by atoms with Crippen LogP contribution in [0.3, 0.4) is 0 Å². The number of halogens is 5. The third-order valence-electron chi connectivity index (χ3n) is 2.46. The summed E-state index contributed by atoms with van der Waals surface area (Å²) in [5.41, 5.74) is -0.0122. The molecule has 0 aromatic heterocycles. The molecule has 2 aromatic rings. The van der Waals surface area contributed by atoms with Crippen molar-refractivity contribution in [1.82, 2.24) is 0 Å². The summed E-state index contributed by atoms with van der Waals surface area (Å²) in [6, 6.07) is 5.12.